The van der Waals surface area contributed by atoms with Crippen LogP contribution < -0.4 is 15.0 Å². The number of rotatable bonds is 5. The minimum Gasteiger partial charge on any atom is -0.494 e. The second kappa shape index (κ2) is 7.23. The number of morpholine rings is 1. The second-order valence-corrected chi connectivity index (χ2v) is 5.05. The van der Waals surface area contributed by atoms with E-state index in [2.05, 4.69) is 15.3 Å². The lowest BCUT2D eigenvalue weighted by Crippen LogP contribution is -2.37. The number of nitrogens with one attached hydrogen (secondary N) is 1. The predicted molar refractivity (Wildman–Crippen MR) is 85.9 cm³/mol. The van der Waals surface area contributed by atoms with Crippen LogP contribution in [0.1, 0.15) is 6.92 Å². The first kappa shape index (κ1) is 15.5. The van der Waals surface area contributed by atoms with Crippen LogP contribution in [0.4, 0.5) is 21.8 Å². The number of hydrogen-bond acceptors (Lipinski definition) is 6. The molecule has 6 nitrogen and oxygen atoms in total. The molecule has 1 aliphatic heterocycles. The molecule has 1 saturated heterocycles. The molecule has 0 unspecified atom stereocenters. The third-order valence-corrected chi connectivity index (χ3v) is 3.45. The van der Waals surface area contributed by atoms with Gasteiger partial charge in [0, 0.05) is 18.8 Å². The van der Waals surface area contributed by atoms with Gasteiger partial charge in [-0.05, 0) is 31.2 Å². The highest BCUT2D eigenvalue weighted by atomic mass is 19.1. The van der Waals surface area contributed by atoms with E-state index in [1.807, 2.05) is 36.1 Å². The lowest BCUT2D eigenvalue weighted by Gasteiger charge is -2.26. The summed E-state index contributed by atoms with van der Waals surface area (Å²) in [4.78, 5) is 10.3. The molecule has 1 fully saturated rings. The summed E-state index contributed by atoms with van der Waals surface area (Å²) in [5, 5.41) is 2.98. The summed E-state index contributed by atoms with van der Waals surface area (Å²) in [6.07, 6.45) is 1.19. The number of ether oxygens (including phenoxy) is 2. The number of halogens is 1. The maximum Gasteiger partial charge on any atom is 0.227 e. The third-order valence-electron chi connectivity index (χ3n) is 3.45. The van der Waals surface area contributed by atoms with Crippen LogP contribution in [-0.4, -0.2) is 42.9 Å². The standard InChI is InChI=1S/C16H19FN4O2/c1-2-23-13-5-3-12(4-6-13)19-15-14(17)11-18-16(20-15)21-7-9-22-10-8-21/h3-6,11H,2,7-10H2,1H3,(H,18,19,20). The molecule has 0 amide bonds. The van der Waals surface area contributed by atoms with Gasteiger partial charge in [0.1, 0.15) is 5.75 Å². The van der Waals surface area contributed by atoms with Gasteiger partial charge < -0.3 is 19.7 Å². The largest absolute Gasteiger partial charge is 0.494 e. The average Bonchev–Trinajstić information content (AvgIpc) is 2.59. The highest BCUT2D eigenvalue weighted by Gasteiger charge is 2.16. The summed E-state index contributed by atoms with van der Waals surface area (Å²) in [6.45, 7) is 5.19. The number of hydrogen-bond donors (Lipinski definition) is 1. The molecule has 0 atom stereocenters. The van der Waals surface area contributed by atoms with E-state index in [1.54, 1.807) is 0 Å². The topological polar surface area (TPSA) is 59.5 Å². The summed E-state index contributed by atoms with van der Waals surface area (Å²) in [5.74, 6) is 0.944. The van der Waals surface area contributed by atoms with Crippen molar-refractivity contribution in [1.82, 2.24) is 9.97 Å². The molecular formula is C16H19FN4O2. The van der Waals surface area contributed by atoms with Crippen molar-refractivity contribution >= 4 is 17.5 Å². The van der Waals surface area contributed by atoms with Gasteiger partial charge in [0.2, 0.25) is 5.95 Å². The molecule has 0 spiro atoms. The Morgan fingerprint density at radius 1 is 1.26 bits per heavy atom. The quantitative estimate of drug-likeness (QED) is 0.914. The average molecular weight is 318 g/mol. The van der Waals surface area contributed by atoms with Crippen LogP contribution in [0.15, 0.2) is 30.5 Å². The minimum atomic E-state index is -0.490. The minimum absolute atomic E-state index is 0.158. The Morgan fingerprint density at radius 2 is 2.00 bits per heavy atom. The lowest BCUT2D eigenvalue weighted by atomic mass is 10.3. The highest BCUT2D eigenvalue weighted by molar-refractivity contribution is 5.58. The zero-order chi connectivity index (χ0) is 16.1. The molecule has 1 aliphatic rings. The molecule has 0 radical (unpaired) electrons. The van der Waals surface area contributed by atoms with E-state index in [0.29, 0.717) is 38.9 Å². The molecule has 3 rings (SSSR count). The van der Waals surface area contributed by atoms with E-state index in [0.717, 1.165) is 11.4 Å². The summed E-state index contributed by atoms with van der Waals surface area (Å²) in [7, 11) is 0. The Bertz CT molecular complexity index is 645. The molecule has 2 heterocycles. The zero-order valence-corrected chi connectivity index (χ0v) is 13.0. The van der Waals surface area contributed by atoms with Crippen LogP contribution in [0, 0.1) is 5.82 Å². The van der Waals surface area contributed by atoms with Crippen molar-refractivity contribution in [3.8, 4) is 5.75 Å². The van der Waals surface area contributed by atoms with Gasteiger partial charge in [-0.25, -0.2) is 9.37 Å². The monoisotopic (exact) mass is 318 g/mol. The fourth-order valence-electron chi connectivity index (χ4n) is 2.30. The van der Waals surface area contributed by atoms with Crippen LogP contribution in [0.25, 0.3) is 0 Å². The highest BCUT2D eigenvalue weighted by Crippen LogP contribution is 2.22. The van der Waals surface area contributed by atoms with Crippen molar-refractivity contribution < 1.29 is 13.9 Å². The fourth-order valence-corrected chi connectivity index (χ4v) is 2.30. The normalized spacial score (nSPS) is 14.6. The lowest BCUT2D eigenvalue weighted by molar-refractivity contribution is 0.122. The van der Waals surface area contributed by atoms with Crippen LogP contribution in [0.3, 0.4) is 0 Å². The summed E-state index contributed by atoms with van der Waals surface area (Å²) in [6, 6.07) is 7.30. The molecule has 0 bridgehead atoms. The zero-order valence-electron chi connectivity index (χ0n) is 13.0. The van der Waals surface area contributed by atoms with Crippen molar-refractivity contribution in [2.24, 2.45) is 0 Å². The van der Waals surface area contributed by atoms with Gasteiger partial charge in [0.05, 0.1) is 26.0 Å². The van der Waals surface area contributed by atoms with E-state index in [1.165, 1.54) is 6.20 Å². The molecule has 1 N–H and O–H groups in total. The smallest absolute Gasteiger partial charge is 0.227 e. The van der Waals surface area contributed by atoms with Gasteiger partial charge in [-0.1, -0.05) is 0 Å². The molecule has 23 heavy (non-hydrogen) atoms. The maximum atomic E-state index is 14.0. The van der Waals surface area contributed by atoms with Crippen LogP contribution in [0.5, 0.6) is 5.75 Å². The van der Waals surface area contributed by atoms with Gasteiger partial charge in [0.15, 0.2) is 11.6 Å². The van der Waals surface area contributed by atoms with Crippen molar-refractivity contribution in [3.63, 3.8) is 0 Å². The first-order valence-corrected chi connectivity index (χ1v) is 7.61. The summed E-state index contributed by atoms with van der Waals surface area (Å²) >= 11 is 0. The Morgan fingerprint density at radius 3 is 2.70 bits per heavy atom. The van der Waals surface area contributed by atoms with Crippen molar-refractivity contribution in [2.75, 3.05) is 43.1 Å². The molecule has 1 aromatic heterocycles. The fraction of sp³-hybridized carbons (Fsp3) is 0.375. The maximum absolute atomic E-state index is 14.0. The first-order valence-electron chi connectivity index (χ1n) is 7.61. The van der Waals surface area contributed by atoms with E-state index in [-0.39, 0.29) is 5.82 Å². The van der Waals surface area contributed by atoms with Gasteiger partial charge in [-0.2, -0.15) is 4.98 Å². The summed E-state index contributed by atoms with van der Waals surface area (Å²) in [5.41, 5.74) is 0.735. The van der Waals surface area contributed by atoms with Gasteiger partial charge in [-0.15, -0.1) is 0 Å². The van der Waals surface area contributed by atoms with Gasteiger partial charge in [0.25, 0.3) is 0 Å². The summed E-state index contributed by atoms with van der Waals surface area (Å²) < 4.78 is 24.7. The van der Waals surface area contributed by atoms with Crippen molar-refractivity contribution in [3.05, 3.63) is 36.3 Å². The SMILES string of the molecule is CCOc1ccc(Nc2nc(N3CCOCC3)ncc2F)cc1. The Hall–Kier alpha value is -2.41. The van der Waals surface area contributed by atoms with E-state index < -0.39 is 5.82 Å². The van der Waals surface area contributed by atoms with E-state index in [9.17, 15) is 4.39 Å². The van der Waals surface area contributed by atoms with Crippen molar-refractivity contribution in [1.29, 1.82) is 0 Å². The molecule has 7 heteroatoms. The van der Waals surface area contributed by atoms with Gasteiger partial charge in [-0.3, -0.25) is 0 Å². The Labute approximate surface area is 134 Å². The van der Waals surface area contributed by atoms with Crippen LogP contribution in [0.2, 0.25) is 0 Å². The molecule has 2 aromatic rings. The van der Waals surface area contributed by atoms with Gasteiger partial charge >= 0.3 is 0 Å². The number of nitrogens with zero attached hydrogens (tertiary/aromatic N) is 3. The molecule has 0 aliphatic carbocycles. The second-order valence-electron chi connectivity index (χ2n) is 5.05. The number of anilines is 3. The Balaban J connectivity index is 1.75. The van der Waals surface area contributed by atoms with Crippen LogP contribution >= 0.6 is 0 Å². The predicted octanol–water partition coefficient (Wildman–Crippen LogP) is 2.59. The molecule has 1 aromatic carbocycles. The van der Waals surface area contributed by atoms with E-state index >= 15 is 0 Å². The first-order chi connectivity index (χ1) is 11.3. The van der Waals surface area contributed by atoms with Crippen molar-refractivity contribution in [2.45, 2.75) is 6.92 Å². The van der Waals surface area contributed by atoms with E-state index in [4.69, 9.17) is 9.47 Å². The number of aromatic nitrogens is 2. The Kier molecular flexibility index (Phi) is 4.87. The molecule has 0 saturated carbocycles. The molecule has 122 valence electrons. The molecular weight excluding hydrogens is 299 g/mol. The number of benzene rings is 1. The van der Waals surface area contributed by atoms with Crippen LogP contribution in [-0.2, 0) is 4.74 Å². The third kappa shape index (κ3) is 3.87.